The molecule has 0 heterocycles. The summed E-state index contributed by atoms with van der Waals surface area (Å²) in [6, 6.07) is 0. The third-order valence-corrected chi connectivity index (χ3v) is 4.44. The largest absolute Gasteiger partial charge is 0.355 e. The van der Waals surface area contributed by atoms with Gasteiger partial charge in [-0.25, -0.2) is 0 Å². The standard InChI is InChI=1S/C16H32BrNO/c1-3-5-6-7-8-9-10-11-12-13-16(19)18-14-15(17)4-2/h15H,3-14H2,1-2H3,(H,18,19). The molecule has 1 N–H and O–H groups in total. The highest BCUT2D eigenvalue weighted by molar-refractivity contribution is 9.09. The number of carbonyl (C=O) groups is 1. The molecular formula is C16H32BrNO. The van der Waals surface area contributed by atoms with Gasteiger partial charge in [0.05, 0.1) is 0 Å². The van der Waals surface area contributed by atoms with Gasteiger partial charge in [0, 0.05) is 17.8 Å². The van der Waals surface area contributed by atoms with E-state index in [1.54, 1.807) is 0 Å². The van der Waals surface area contributed by atoms with Crippen LogP contribution < -0.4 is 5.32 Å². The first-order valence-corrected chi connectivity index (χ1v) is 9.03. The molecule has 3 heteroatoms. The fourth-order valence-corrected chi connectivity index (χ4v) is 2.22. The fourth-order valence-electron chi connectivity index (χ4n) is 2.05. The van der Waals surface area contributed by atoms with Crippen molar-refractivity contribution in [1.29, 1.82) is 0 Å². The molecule has 0 fully saturated rings. The van der Waals surface area contributed by atoms with Crippen molar-refractivity contribution in [2.75, 3.05) is 6.54 Å². The molecule has 19 heavy (non-hydrogen) atoms. The summed E-state index contributed by atoms with van der Waals surface area (Å²) in [4.78, 5) is 12.0. The summed E-state index contributed by atoms with van der Waals surface area (Å²) < 4.78 is 0. The van der Waals surface area contributed by atoms with Crippen LogP contribution in [0.2, 0.25) is 0 Å². The zero-order valence-corrected chi connectivity index (χ0v) is 14.4. The van der Waals surface area contributed by atoms with Gasteiger partial charge in [0.2, 0.25) is 5.91 Å². The van der Waals surface area contributed by atoms with Crippen molar-refractivity contribution in [1.82, 2.24) is 5.32 Å². The Labute approximate surface area is 128 Å². The Morgan fingerprint density at radius 2 is 1.47 bits per heavy atom. The molecule has 0 spiro atoms. The lowest BCUT2D eigenvalue weighted by Crippen LogP contribution is -2.28. The second kappa shape index (κ2) is 14.4. The van der Waals surface area contributed by atoms with Crippen molar-refractivity contribution in [3.8, 4) is 0 Å². The highest BCUT2D eigenvalue weighted by atomic mass is 79.9. The van der Waals surface area contributed by atoms with Crippen molar-refractivity contribution < 1.29 is 4.79 Å². The molecule has 0 saturated carbocycles. The van der Waals surface area contributed by atoms with Crippen LogP contribution in [-0.4, -0.2) is 17.3 Å². The number of alkyl halides is 1. The van der Waals surface area contributed by atoms with Gasteiger partial charge in [-0.05, 0) is 12.8 Å². The fraction of sp³-hybridized carbons (Fsp3) is 0.938. The molecule has 0 aromatic rings. The topological polar surface area (TPSA) is 29.1 Å². The monoisotopic (exact) mass is 333 g/mol. The lowest BCUT2D eigenvalue weighted by molar-refractivity contribution is -0.121. The summed E-state index contributed by atoms with van der Waals surface area (Å²) in [5.74, 6) is 0.209. The van der Waals surface area contributed by atoms with Crippen molar-refractivity contribution >= 4 is 21.8 Å². The lowest BCUT2D eigenvalue weighted by Gasteiger charge is -2.08. The van der Waals surface area contributed by atoms with Crippen LogP contribution in [0.5, 0.6) is 0 Å². The van der Waals surface area contributed by atoms with E-state index in [-0.39, 0.29) is 5.91 Å². The Bertz CT molecular complexity index is 209. The molecule has 1 atom stereocenters. The van der Waals surface area contributed by atoms with Crippen LogP contribution in [0.1, 0.15) is 84.5 Å². The molecule has 114 valence electrons. The molecule has 0 radical (unpaired) electrons. The van der Waals surface area contributed by atoms with Crippen LogP contribution in [0.4, 0.5) is 0 Å². The van der Waals surface area contributed by atoms with Crippen LogP contribution in [-0.2, 0) is 4.79 Å². The molecule has 0 aromatic carbocycles. The smallest absolute Gasteiger partial charge is 0.220 e. The molecule has 0 rings (SSSR count). The Hall–Kier alpha value is -0.0500. The molecule has 0 aliphatic carbocycles. The Balaban J connectivity index is 3.18. The second-order valence-electron chi connectivity index (χ2n) is 5.39. The van der Waals surface area contributed by atoms with E-state index in [0.29, 0.717) is 11.2 Å². The second-order valence-corrected chi connectivity index (χ2v) is 6.68. The van der Waals surface area contributed by atoms with E-state index in [9.17, 15) is 4.79 Å². The van der Waals surface area contributed by atoms with Gasteiger partial charge >= 0.3 is 0 Å². The minimum atomic E-state index is 0.209. The van der Waals surface area contributed by atoms with Crippen molar-refractivity contribution in [2.45, 2.75) is 89.3 Å². The van der Waals surface area contributed by atoms with Gasteiger partial charge in [0.25, 0.3) is 0 Å². The summed E-state index contributed by atoms with van der Waals surface area (Å²) in [5.41, 5.74) is 0. The van der Waals surface area contributed by atoms with Crippen molar-refractivity contribution in [3.63, 3.8) is 0 Å². The van der Waals surface area contributed by atoms with E-state index in [1.807, 2.05) is 0 Å². The highest BCUT2D eigenvalue weighted by Gasteiger charge is 2.04. The highest BCUT2D eigenvalue weighted by Crippen LogP contribution is 2.10. The first kappa shape index (κ1) is 18.9. The van der Waals surface area contributed by atoms with E-state index in [2.05, 4.69) is 35.1 Å². The quantitative estimate of drug-likeness (QED) is 0.364. The third kappa shape index (κ3) is 14.2. The predicted octanol–water partition coefficient (Wildman–Crippen LogP) is 5.20. The molecule has 0 aliphatic heterocycles. The molecule has 0 saturated heterocycles. The van der Waals surface area contributed by atoms with Gasteiger partial charge < -0.3 is 5.32 Å². The summed E-state index contributed by atoms with van der Waals surface area (Å²) in [6.45, 7) is 5.13. The maximum atomic E-state index is 11.5. The number of carbonyl (C=O) groups excluding carboxylic acids is 1. The van der Waals surface area contributed by atoms with Crippen LogP contribution in [0.15, 0.2) is 0 Å². The van der Waals surface area contributed by atoms with E-state index in [0.717, 1.165) is 19.4 Å². The summed E-state index contributed by atoms with van der Waals surface area (Å²) in [5, 5.41) is 2.97. The Morgan fingerprint density at radius 3 is 2.00 bits per heavy atom. The van der Waals surface area contributed by atoms with E-state index in [4.69, 9.17) is 0 Å². The zero-order chi connectivity index (χ0) is 14.3. The SMILES string of the molecule is CCCCCCCCCCCC(=O)NCC(Br)CC. The average Bonchev–Trinajstić information content (AvgIpc) is 2.42. The van der Waals surface area contributed by atoms with Crippen LogP contribution in [0.3, 0.4) is 0 Å². The summed E-state index contributed by atoms with van der Waals surface area (Å²) in [7, 11) is 0. The van der Waals surface area contributed by atoms with Gasteiger partial charge in [0.15, 0.2) is 0 Å². The zero-order valence-electron chi connectivity index (χ0n) is 12.8. The van der Waals surface area contributed by atoms with Crippen molar-refractivity contribution in [2.24, 2.45) is 0 Å². The number of amides is 1. The number of rotatable bonds is 13. The number of hydrogen-bond acceptors (Lipinski definition) is 1. The van der Waals surface area contributed by atoms with Gasteiger partial charge in [-0.15, -0.1) is 0 Å². The maximum Gasteiger partial charge on any atom is 0.220 e. The summed E-state index contributed by atoms with van der Waals surface area (Å²) in [6.07, 6.45) is 13.5. The minimum Gasteiger partial charge on any atom is -0.355 e. The number of unbranched alkanes of at least 4 members (excludes halogenated alkanes) is 8. The first-order valence-electron chi connectivity index (χ1n) is 8.11. The van der Waals surface area contributed by atoms with Gasteiger partial charge in [0.1, 0.15) is 0 Å². The third-order valence-electron chi connectivity index (χ3n) is 3.47. The lowest BCUT2D eigenvalue weighted by atomic mass is 10.1. The average molecular weight is 334 g/mol. The van der Waals surface area contributed by atoms with Crippen LogP contribution in [0, 0.1) is 0 Å². The van der Waals surface area contributed by atoms with Gasteiger partial charge in [-0.1, -0.05) is 81.1 Å². The molecule has 0 aromatic heterocycles. The molecular weight excluding hydrogens is 302 g/mol. The van der Waals surface area contributed by atoms with Gasteiger partial charge in [-0.2, -0.15) is 0 Å². The van der Waals surface area contributed by atoms with Crippen LogP contribution in [0.25, 0.3) is 0 Å². The molecule has 1 unspecified atom stereocenters. The Morgan fingerprint density at radius 1 is 0.947 bits per heavy atom. The van der Waals surface area contributed by atoms with E-state index in [1.165, 1.54) is 51.4 Å². The van der Waals surface area contributed by atoms with Crippen LogP contribution >= 0.6 is 15.9 Å². The molecule has 1 amide bonds. The normalized spacial score (nSPS) is 12.4. The molecule has 0 bridgehead atoms. The number of hydrogen-bond donors (Lipinski definition) is 1. The van der Waals surface area contributed by atoms with E-state index >= 15 is 0 Å². The van der Waals surface area contributed by atoms with E-state index < -0.39 is 0 Å². The molecule has 0 aliphatic rings. The minimum absolute atomic E-state index is 0.209. The molecule has 2 nitrogen and oxygen atoms in total. The Kier molecular flexibility index (Phi) is 14.3. The van der Waals surface area contributed by atoms with Crippen molar-refractivity contribution in [3.05, 3.63) is 0 Å². The number of halogens is 1. The number of nitrogens with one attached hydrogen (secondary N) is 1. The first-order chi connectivity index (χ1) is 9.20. The van der Waals surface area contributed by atoms with Gasteiger partial charge in [-0.3, -0.25) is 4.79 Å². The summed E-state index contributed by atoms with van der Waals surface area (Å²) >= 11 is 3.52. The maximum absolute atomic E-state index is 11.5. The predicted molar refractivity (Wildman–Crippen MR) is 87.9 cm³/mol.